The molecule has 0 atom stereocenters. The van der Waals surface area contributed by atoms with Crippen LogP contribution in [0.25, 0.3) is 10.1 Å². The highest BCUT2D eigenvalue weighted by Gasteiger charge is 2.23. The van der Waals surface area contributed by atoms with Gasteiger partial charge in [-0.2, -0.15) is 9.37 Å². The lowest BCUT2D eigenvalue weighted by molar-refractivity contribution is 0.384. The molecule has 10 heteroatoms. The molecule has 156 valence electrons. The zero-order valence-corrected chi connectivity index (χ0v) is 18.8. The van der Waals surface area contributed by atoms with Crippen molar-refractivity contribution in [3.05, 3.63) is 41.7 Å². The van der Waals surface area contributed by atoms with E-state index >= 15 is 0 Å². The molecule has 8 nitrogen and oxygen atoms in total. The molecule has 1 aliphatic heterocycles. The highest BCUT2D eigenvalue weighted by molar-refractivity contribution is 7.80. The number of rotatable bonds is 2. The van der Waals surface area contributed by atoms with Crippen molar-refractivity contribution >= 4 is 56.7 Å². The van der Waals surface area contributed by atoms with Crippen LogP contribution in [0.5, 0.6) is 0 Å². The Bertz CT molecular complexity index is 1070. The number of guanidine groups is 1. The fourth-order valence-corrected chi connectivity index (χ4v) is 4.32. The molecule has 0 radical (unpaired) electrons. The standard InChI is InChI=1S/C20H24N8S2/c1-13-12-14(2)23-18(22-13)24-19(25-20(29)21-3)28-10-8-27(9-11-28)17-15-6-4-5-7-16(15)30-26-17/h4-7,12H,8-11H2,1-3H3,(H2,21,22,23,24,25,29). The normalized spacial score (nSPS) is 14.8. The summed E-state index contributed by atoms with van der Waals surface area (Å²) in [5, 5.41) is 7.80. The van der Waals surface area contributed by atoms with E-state index in [1.807, 2.05) is 19.9 Å². The number of thiocarbonyl (C=S) groups is 1. The number of aromatic nitrogens is 3. The van der Waals surface area contributed by atoms with Gasteiger partial charge >= 0.3 is 0 Å². The van der Waals surface area contributed by atoms with Crippen LogP contribution in [-0.2, 0) is 0 Å². The van der Waals surface area contributed by atoms with Crippen LogP contribution in [0.15, 0.2) is 35.3 Å². The third-order valence-corrected chi connectivity index (χ3v) is 5.98. The Labute approximate surface area is 185 Å². The van der Waals surface area contributed by atoms with E-state index in [-0.39, 0.29) is 0 Å². The van der Waals surface area contributed by atoms with E-state index in [0.29, 0.717) is 17.0 Å². The minimum atomic E-state index is 0.412. The highest BCUT2D eigenvalue weighted by Crippen LogP contribution is 2.29. The number of fused-ring (bicyclic) bond motifs is 1. The molecule has 1 aromatic carbocycles. The lowest BCUT2D eigenvalue weighted by Gasteiger charge is -2.36. The van der Waals surface area contributed by atoms with E-state index in [2.05, 4.69) is 59.7 Å². The van der Waals surface area contributed by atoms with Crippen LogP contribution in [0.1, 0.15) is 11.4 Å². The van der Waals surface area contributed by atoms with Crippen molar-refractivity contribution in [1.82, 2.24) is 24.6 Å². The van der Waals surface area contributed by atoms with E-state index in [1.54, 1.807) is 18.6 Å². The number of nitrogens with one attached hydrogen (secondary N) is 2. The van der Waals surface area contributed by atoms with Gasteiger partial charge in [-0.3, -0.25) is 5.32 Å². The number of nitrogens with zero attached hydrogens (tertiary/aromatic N) is 6. The largest absolute Gasteiger partial charge is 0.364 e. The van der Waals surface area contributed by atoms with Gasteiger partial charge in [-0.05, 0) is 55.8 Å². The molecule has 0 aliphatic carbocycles. The van der Waals surface area contributed by atoms with Crippen molar-refractivity contribution in [3.63, 3.8) is 0 Å². The molecule has 4 rings (SSSR count). The van der Waals surface area contributed by atoms with E-state index in [0.717, 1.165) is 43.4 Å². The maximum atomic E-state index is 5.28. The van der Waals surface area contributed by atoms with Crippen molar-refractivity contribution in [3.8, 4) is 0 Å². The van der Waals surface area contributed by atoms with Crippen molar-refractivity contribution in [2.75, 3.05) is 43.4 Å². The highest BCUT2D eigenvalue weighted by atomic mass is 32.1. The first-order valence-corrected chi connectivity index (χ1v) is 11.0. The van der Waals surface area contributed by atoms with E-state index in [4.69, 9.17) is 16.6 Å². The maximum Gasteiger partial charge on any atom is 0.229 e. The second-order valence-corrected chi connectivity index (χ2v) is 8.26. The Kier molecular flexibility index (Phi) is 6.05. The number of aryl methyl sites for hydroxylation is 2. The van der Waals surface area contributed by atoms with Gasteiger partial charge in [0.1, 0.15) is 5.82 Å². The predicted octanol–water partition coefficient (Wildman–Crippen LogP) is 2.80. The monoisotopic (exact) mass is 440 g/mol. The van der Waals surface area contributed by atoms with E-state index < -0.39 is 0 Å². The molecule has 1 fully saturated rings. The Morgan fingerprint density at radius 1 is 1.10 bits per heavy atom. The van der Waals surface area contributed by atoms with Crippen LogP contribution in [0.3, 0.4) is 0 Å². The summed E-state index contributed by atoms with van der Waals surface area (Å²) in [7, 11) is 1.77. The third-order valence-electron chi connectivity index (χ3n) is 4.86. The van der Waals surface area contributed by atoms with Gasteiger partial charge in [0.2, 0.25) is 11.9 Å². The van der Waals surface area contributed by atoms with Crippen molar-refractivity contribution in [1.29, 1.82) is 0 Å². The lowest BCUT2D eigenvalue weighted by Crippen LogP contribution is -2.51. The molecule has 0 saturated carbocycles. The molecule has 0 spiro atoms. The fourth-order valence-electron chi connectivity index (χ4n) is 3.44. The van der Waals surface area contributed by atoms with Crippen LogP contribution >= 0.6 is 23.8 Å². The zero-order chi connectivity index (χ0) is 21.1. The molecule has 3 heterocycles. The second kappa shape index (κ2) is 8.88. The van der Waals surface area contributed by atoms with Crippen molar-refractivity contribution in [2.24, 2.45) is 4.99 Å². The Morgan fingerprint density at radius 2 is 1.80 bits per heavy atom. The summed E-state index contributed by atoms with van der Waals surface area (Å²) in [5.74, 6) is 2.24. The van der Waals surface area contributed by atoms with Gasteiger partial charge in [-0.15, -0.1) is 0 Å². The summed E-state index contributed by atoms with van der Waals surface area (Å²) in [6, 6.07) is 10.3. The summed E-state index contributed by atoms with van der Waals surface area (Å²) in [6.07, 6.45) is 0. The van der Waals surface area contributed by atoms with Gasteiger partial charge < -0.3 is 15.1 Å². The molecule has 0 unspecified atom stereocenters. The fraction of sp³-hybridized carbons (Fsp3) is 0.350. The number of aliphatic imine (C=N–C) groups is 1. The molecule has 3 aromatic rings. The van der Waals surface area contributed by atoms with Gasteiger partial charge in [0.15, 0.2) is 5.11 Å². The van der Waals surface area contributed by atoms with Gasteiger partial charge in [-0.1, -0.05) is 12.1 Å². The number of anilines is 2. The zero-order valence-electron chi connectivity index (χ0n) is 17.2. The van der Waals surface area contributed by atoms with E-state index in [1.165, 1.54) is 10.1 Å². The Morgan fingerprint density at radius 3 is 2.50 bits per heavy atom. The summed E-state index contributed by atoms with van der Waals surface area (Å²) in [5.41, 5.74) is 1.81. The second-order valence-electron chi connectivity index (χ2n) is 7.07. The molecule has 1 aliphatic rings. The van der Waals surface area contributed by atoms with Gasteiger partial charge in [0.05, 0.1) is 4.70 Å². The van der Waals surface area contributed by atoms with Gasteiger partial charge in [-0.25, -0.2) is 9.97 Å². The molecule has 0 bridgehead atoms. The molecule has 1 saturated heterocycles. The Hall–Kier alpha value is -2.85. The minimum Gasteiger partial charge on any atom is -0.364 e. The van der Waals surface area contributed by atoms with Crippen molar-refractivity contribution < 1.29 is 0 Å². The van der Waals surface area contributed by atoms with Crippen LogP contribution in [0.4, 0.5) is 11.8 Å². The van der Waals surface area contributed by atoms with Gasteiger partial charge in [0.25, 0.3) is 0 Å². The number of hydrogen-bond acceptors (Lipinski definition) is 6. The molecule has 2 aromatic heterocycles. The quantitative estimate of drug-likeness (QED) is 0.358. The first kappa shape index (κ1) is 20.4. The van der Waals surface area contributed by atoms with Crippen LogP contribution < -0.4 is 15.5 Å². The number of piperazine rings is 1. The van der Waals surface area contributed by atoms with Crippen LogP contribution in [-0.4, -0.2) is 63.5 Å². The Balaban J connectivity index is 1.51. The molecule has 2 N–H and O–H groups in total. The number of hydrogen-bond donors (Lipinski definition) is 2. The van der Waals surface area contributed by atoms with Crippen LogP contribution in [0.2, 0.25) is 0 Å². The molecule has 30 heavy (non-hydrogen) atoms. The third kappa shape index (κ3) is 4.49. The first-order valence-electron chi connectivity index (χ1n) is 9.77. The molecular formula is C20H24N8S2. The minimum absolute atomic E-state index is 0.412. The lowest BCUT2D eigenvalue weighted by atomic mass is 10.2. The summed E-state index contributed by atoms with van der Waals surface area (Å²) >= 11 is 6.83. The molecule has 0 amide bonds. The predicted molar refractivity (Wildman–Crippen MR) is 128 cm³/mol. The van der Waals surface area contributed by atoms with Gasteiger partial charge in [0, 0.05) is 50.0 Å². The molecular weight excluding hydrogens is 416 g/mol. The average Bonchev–Trinajstić information content (AvgIpc) is 3.17. The summed E-state index contributed by atoms with van der Waals surface area (Å²) in [6.45, 7) is 7.16. The number of benzene rings is 1. The maximum absolute atomic E-state index is 5.28. The van der Waals surface area contributed by atoms with Crippen molar-refractivity contribution in [2.45, 2.75) is 13.8 Å². The smallest absolute Gasteiger partial charge is 0.229 e. The van der Waals surface area contributed by atoms with Crippen LogP contribution in [0, 0.1) is 13.8 Å². The summed E-state index contributed by atoms with van der Waals surface area (Å²) < 4.78 is 5.90. The first-order chi connectivity index (χ1) is 14.5. The summed E-state index contributed by atoms with van der Waals surface area (Å²) in [4.78, 5) is 18.0. The SMILES string of the molecule is CNC(=S)/N=C(/Nc1nc(C)cc(C)n1)N1CCN(c2nsc3ccccc23)CC1. The topological polar surface area (TPSA) is 81.6 Å². The average molecular weight is 441 g/mol. The van der Waals surface area contributed by atoms with E-state index in [9.17, 15) is 0 Å².